The second kappa shape index (κ2) is 8.89. The molecule has 0 aliphatic rings. The van der Waals surface area contributed by atoms with Crippen molar-refractivity contribution >= 4 is 19.3 Å². The topological polar surface area (TPSA) is 105 Å². The molecule has 0 spiro atoms. The number of hydrogen-bond donors (Lipinski definition) is 0. The van der Waals surface area contributed by atoms with Crippen LogP contribution in [0.3, 0.4) is 0 Å². The van der Waals surface area contributed by atoms with Crippen molar-refractivity contribution in [3.05, 3.63) is 64.7 Å². The van der Waals surface area contributed by atoms with Gasteiger partial charge in [0.1, 0.15) is 11.5 Å². The number of hydrogen-bond acceptors (Lipinski definition) is 7. The van der Waals surface area contributed by atoms with Gasteiger partial charge in [0.2, 0.25) is 0 Å². The average molecular weight is 407 g/mol. The van der Waals surface area contributed by atoms with Gasteiger partial charge in [0.15, 0.2) is 0 Å². The molecule has 2 rings (SSSR count). The van der Waals surface area contributed by atoms with Gasteiger partial charge in [-0.3, -0.25) is 14.9 Å². The lowest BCUT2D eigenvalue weighted by Crippen LogP contribution is -2.32. The Kier molecular flexibility index (Phi) is 6.80. The van der Waals surface area contributed by atoms with Crippen LogP contribution in [0, 0.1) is 15.5 Å². The Labute approximate surface area is 163 Å². The van der Waals surface area contributed by atoms with Crippen LogP contribution >= 0.6 is 7.60 Å². The average Bonchev–Trinajstić information content (AvgIpc) is 2.62. The van der Waals surface area contributed by atoms with Crippen LogP contribution in [0.25, 0.3) is 0 Å². The van der Waals surface area contributed by atoms with E-state index in [4.69, 9.17) is 13.8 Å². The lowest BCUT2D eigenvalue weighted by atomic mass is 9.97. The quantitative estimate of drug-likeness (QED) is 0.254. The third kappa shape index (κ3) is 5.82. The molecule has 0 radical (unpaired) electrons. The molecule has 0 saturated carbocycles. The fraction of sp³-hybridized carbons (Fsp3) is 0.316. The molecule has 0 N–H and O–H groups in total. The van der Waals surface area contributed by atoms with Gasteiger partial charge in [-0.05, 0) is 45.0 Å². The van der Waals surface area contributed by atoms with Crippen LogP contribution in [0.2, 0.25) is 0 Å². The molecule has 1 atom stereocenters. The Morgan fingerprint density at radius 1 is 1.04 bits per heavy atom. The van der Waals surface area contributed by atoms with Crippen LogP contribution in [0.1, 0.15) is 20.8 Å². The van der Waals surface area contributed by atoms with E-state index in [1.165, 1.54) is 24.3 Å². The Morgan fingerprint density at radius 3 is 2.07 bits per heavy atom. The van der Waals surface area contributed by atoms with Crippen molar-refractivity contribution in [2.75, 3.05) is 12.8 Å². The molecular formula is C19H22NO7P. The number of para-hydroxylation sites is 1. The second-order valence-electron chi connectivity index (χ2n) is 6.62. The maximum atomic E-state index is 13.5. The molecule has 28 heavy (non-hydrogen) atoms. The first-order chi connectivity index (χ1) is 13.1. The van der Waals surface area contributed by atoms with E-state index in [1.54, 1.807) is 51.1 Å². The summed E-state index contributed by atoms with van der Waals surface area (Å²) in [5.41, 5.74) is -1.26. The first-order valence-electron chi connectivity index (χ1n) is 8.60. The summed E-state index contributed by atoms with van der Waals surface area (Å²) in [4.78, 5) is 22.5. The van der Waals surface area contributed by atoms with Crippen LogP contribution in [-0.2, 0) is 14.1 Å². The lowest BCUT2D eigenvalue weighted by Gasteiger charge is -2.27. The maximum absolute atomic E-state index is 13.5. The molecule has 0 aliphatic carbocycles. The normalized spacial score (nSPS) is 13.2. The SMILES string of the molecule is CCOC(=O)C(C)(C)CP(=O)(Oc1ccccc1)Oc1ccc([N+](=O)[O-])cc1. The molecule has 0 aliphatic heterocycles. The van der Waals surface area contributed by atoms with E-state index >= 15 is 0 Å². The fourth-order valence-electron chi connectivity index (χ4n) is 2.39. The predicted octanol–water partition coefficient (Wildman–Crippen LogP) is 4.84. The van der Waals surface area contributed by atoms with Crippen molar-refractivity contribution < 1.29 is 28.1 Å². The Hall–Kier alpha value is -2.86. The molecule has 8 nitrogen and oxygen atoms in total. The van der Waals surface area contributed by atoms with E-state index < -0.39 is 23.9 Å². The zero-order valence-corrected chi connectivity index (χ0v) is 16.8. The minimum absolute atomic E-state index is 0.127. The fourth-order valence-corrected chi connectivity index (χ4v) is 4.54. The summed E-state index contributed by atoms with van der Waals surface area (Å²) in [5, 5.41) is 10.8. The molecule has 2 aromatic rings. The van der Waals surface area contributed by atoms with E-state index in [2.05, 4.69) is 0 Å². The molecule has 0 saturated heterocycles. The van der Waals surface area contributed by atoms with Crippen molar-refractivity contribution in [2.24, 2.45) is 5.41 Å². The highest BCUT2D eigenvalue weighted by Gasteiger charge is 2.42. The minimum Gasteiger partial charge on any atom is -0.466 e. The number of non-ortho nitro benzene ring substituents is 1. The van der Waals surface area contributed by atoms with Crippen molar-refractivity contribution in [3.63, 3.8) is 0 Å². The van der Waals surface area contributed by atoms with Crippen LogP contribution < -0.4 is 9.05 Å². The molecule has 0 heterocycles. The van der Waals surface area contributed by atoms with Gasteiger partial charge in [-0.1, -0.05) is 18.2 Å². The molecule has 0 amide bonds. The molecule has 1 unspecified atom stereocenters. The number of ether oxygens (including phenoxy) is 1. The van der Waals surface area contributed by atoms with E-state index in [0.29, 0.717) is 5.75 Å². The van der Waals surface area contributed by atoms with E-state index in [-0.39, 0.29) is 24.2 Å². The summed E-state index contributed by atoms with van der Waals surface area (Å²) >= 11 is 0. The largest absolute Gasteiger partial charge is 0.466 e. The second-order valence-corrected chi connectivity index (χ2v) is 8.52. The van der Waals surface area contributed by atoms with E-state index in [0.717, 1.165) is 0 Å². The van der Waals surface area contributed by atoms with Gasteiger partial charge in [0, 0.05) is 12.1 Å². The number of esters is 1. The van der Waals surface area contributed by atoms with Gasteiger partial charge in [0.05, 0.1) is 23.1 Å². The molecule has 9 heteroatoms. The van der Waals surface area contributed by atoms with Crippen LogP contribution in [-0.4, -0.2) is 23.7 Å². The lowest BCUT2D eigenvalue weighted by molar-refractivity contribution is -0.384. The summed E-state index contributed by atoms with van der Waals surface area (Å²) in [6.45, 7) is 5.05. The summed E-state index contributed by atoms with van der Waals surface area (Å²) in [6, 6.07) is 13.6. The zero-order chi connectivity index (χ0) is 20.8. The van der Waals surface area contributed by atoms with Crippen LogP contribution in [0.4, 0.5) is 5.69 Å². The van der Waals surface area contributed by atoms with Gasteiger partial charge >= 0.3 is 13.6 Å². The number of benzene rings is 2. The third-order valence-corrected chi connectivity index (χ3v) is 5.85. The van der Waals surface area contributed by atoms with Gasteiger partial charge in [-0.2, -0.15) is 0 Å². The number of carbonyl (C=O) groups is 1. The summed E-state index contributed by atoms with van der Waals surface area (Å²) in [7, 11) is -3.87. The molecule has 150 valence electrons. The molecule has 0 fully saturated rings. The van der Waals surface area contributed by atoms with Crippen LogP contribution in [0.5, 0.6) is 11.5 Å². The Bertz CT molecular complexity index is 866. The molecule has 0 bridgehead atoms. The molecule has 0 aromatic heterocycles. The number of nitro benzene ring substituents is 1. The minimum atomic E-state index is -3.87. The highest BCUT2D eigenvalue weighted by Crippen LogP contribution is 2.52. The highest BCUT2D eigenvalue weighted by atomic mass is 31.2. The van der Waals surface area contributed by atoms with E-state index in [9.17, 15) is 19.5 Å². The first-order valence-corrected chi connectivity index (χ1v) is 10.3. The smallest absolute Gasteiger partial charge is 0.431 e. The molecular weight excluding hydrogens is 385 g/mol. The maximum Gasteiger partial charge on any atom is 0.431 e. The van der Waals surface area contributed by atoms with Crippen molar-refractivity contribution in [3.8, 4) is 11.5 Å². The summed E-state index contributed by atoms with van der Waals surface area (Å²) in [5.74, 6) is -0.0869. The van der Waals surface area contributed by atoms with Crippen molar-refractivity contribution in [1.29, 1.82) is 0 Å². The number of carbonyl (C=O) groups excluding carboxylic acids is 1. The Morgan fingerprint density at radius 2 is 1.57 bits per heavy atom. The van der Waals surface area contributed by atoms with Gasteiger partial charge in [0.25, 0.3) is 5.69 Å². The van der Waals surface area contributed by atoms with Crippen molar-refractivity contribution in [1.82, 2.24) is 0 Å². The summed E-state index contributed by atoms with van der Waals surface area (Å²) in [6.07, 6.45) is -0.245. The zero-order valence-electron chi connectivity index (χ0n) is 15.9. The number of nitrogens with zero attached hydrogens (tertiary/aromatic N) is 1. The summed E-state index contributed by atoms with van der Waals surface area (Å²) < 4.78 is 29.8. The first kappa shape index (κ1) is 21.4. The van der Waals surface area contributed by atoms with Crippen molar-refractivity contribution in [2.45, 2.75) is 20.8 Å². The van der Waals surface area contributed by atoms with Gasteiger partial charge in [-0.15, -0.1) is 0 Å². The van der Waals surface area contributed by atoms with E-state index in [1.807, 2.05) is 0 Å². The predicted molar refractivity (Wildman–Crippen MR) is 104 cm³/mol. The van der Waals surface area contributed by atoms with Gasteiger partial charge < -0.3 is 13.8 Å². The third-order valence-electron chi connectivity index (χ3n) is 3.70. The Balaban J connectivity index is 2.31. The number of nitro groups is 1. The standard InChI is InChI=1S/C19H22NO7P/c1-4-25-18(21)19(2,3)14-28(24,26-16-8-6-5-7-9-16)27-17-12-10-15(11-13-17)20(22)23/h5-13H,4,14H2,1-3H3. The van der Waals surface area contributed by atoms with Gasteiger partial charge in [-0.25, -0.2) is 4.57 Å². The monoisotopic (exact) mass is 407 g/mol. The highest BCUT2D eigenvalue weighted by molar-refractivity contribution is 7.54. The molecule has 2 aromatic carbocycles. The number of rotatable bonds is 9. The van der Waals surface area contributed by atoms with Crippen LogP contribution in [0.15, 0.2) is 54.6 Å².